The van der Waals surface area contributed by atoms with E-state index in [1.54, 1.807) is 11.6 Å². The number of halogens is 1. The fraction of sp³-hybridized carbons (Fsp3) is 0.105. The van der Waals surface area contributed by atoms with Gasteiger partial charge in [-0.25, -0.2) is 26.7 Å². The number of aromatic nitrogens is 3. The molecule has 11 heteroatoms. The minimum Gasteiger partial charge on any atom is -0.481 e. The van der Waals surface area contributed by atoms with Crippen molar-refractivity contribution in [2.24, 2.45) is 0 Å². The first kappa shape index (κ1) is 20.0. The molecule has 0 fully saturated rings. The molecular formula is C19H15FN4O4S2. The summed E-state index contributed by atoms with van der Waals surface area (Å²) in [6, 6.07) is 6.51. The maximum Gasteiger partial charge on any atom is 0.307 e. The van der Waals surface area contributed by atoms with E-state index in [2.05, 4.69) is 15.3 Å². The van der Waals surface area contributed by atoms with E-state index in [1.807, 2.05) is 0 Å². The smallest absolute Gasteiger partial charge is 0.307 e. The highest BCUT2D eigenvalue weighted by atomic mass is 32.2. The Hall–Kier alpha value is -3.31. The molecule has 3 heterocycles. The fourth-order valence-electron chi connectivity index (χ4n) is 3.22. The van der Waals surface area contributed by atoms with Crippen LogP contribution in [0.5, 0.6) is 0 Å². The van der Waals surface area contributed by atoms with Crippen molar-refractivity contribution >= 4 is 49.2 Å². The molecule has 1 aromatic carbocycles. The molecule has 0 aliphatic heterocycles. The highest BCUT2D eigenvalue weighted by Crippen LogP contribution is 2.31. The van der Waals surface area contributed by atoms with Gasteiger partial charge >= 0.3 is 5.97 Å². The molecule has 0 bridgehead atoms. The highest BCUT2D eigenvalue weighted by Gasteiger charge is 2.26. The van der Waals surface area contributed by atoms with Crippen molar-refractivity contribution in [1.29, 1.82) is 0 Å². The third-order valence-electron chi connectivity index (χ3n) is 4.51. The van der Waals surface area contributed by atoms with Crippen LogP contribution < -0.4 is 5.32 Å². The standard InChI is InChI=1S/C19H15FN4O4S2/c1-11-14(9-18(25)26)15-8-12(20)2-4-16(15)24(11)30(27,28)13-3-5-17(22-10-13)23-19-21-6-7-29-19/h2-8,10H,9H2,1H3,(H,25,26)(H,21,22,23). The van der Waals surface area contributed by atoms with Gasteiger partial charge in [0, 0.05) is 28.9 Å². The van der Waals surface area contributed by atoms with Gasteiger partial charge in [0.05, 0.1) is 11.9 Å². The second-order valence-corrected chi connectivity index (χ2v) is 9.09. The number of anilines is 2. The summed E-state index contributed by atoms with van der Waals surface area (Å²) >= 11 is 1.37. The average molecular weight is 446 g/mol. The molecule has 154 valence electrons. The molecule has 4 rings (SSSR count). The van der Waals surface area contributed by atoms with Gasteiger partial charge in [-0.05, 0) is 42.8 Å². The van der Waals surface area contributed by atoms with Gasteiger partial charge in [-0.1, -0.05) is 0 Å². The molecule has 0 saturated carbocycles. The Labute approximate surface area is 174 Å². The topological polar surface area (TPSA) is 114 Å². The number of nitrogens with zero attached hydrogens (tertiary/aromatic N) is 3. The lowest BCUT2D eigenvalue weighted by atomic mass is 10.1. The minimum absolute atomic E-state index is 0.0848. The molecule has 4 aromatic rings. The predicted molar refractivity (Wildman–Crippen MR) is 110 cm³/mol. The molecule has 2 N–H and O–H groups in total. The summed E-state index contributed by atoms with van der Waals surface area (Å²) in [5.41, 5.74) is 0.661. The summed E-state index contributed by atoms with van der Waals surface area (Å²) in [4.78, 5) is 19.4. The Morgan fingerprint density at radius 1 is 1.27 bits per heavy atom. The number of thiazole rings is 1. The lowest BCUT2D eigenvalue weighted by Gasteiger charge is -2.11. The van der Waals surface area contributed by atoms with Crippen LogP contribution in [0.1, 0.15) is 11.3 Å². The largest absolute Gasteiger partial charge is 0.481 e. The highest BCUT2D eigenvalue weighted by molar-refractivity contribution is 7.90. The SMILES string of the molecule is Cc1c(CC(=O)O)c2cc(F)ccc2n1S(=O)(=O)c1ccc(Nc2nccs2)nc1. The van der Waals surface area contributed by atoms with Crippen LogP contribution in [0.25, 0.3) is 10.9 Å². The molecule has 0 saturated heterocycles. The van der Waals surface area contributed by atoms with Crippen molar-refractivity contribution in [2.75, 3.05) is 5.32 Å². The number of hydrogen-bond donors (Lipinski definition) is 2. The van der Waals surface area contributed by atoms with Gasteiger partial charge in [0.25, 0.3) is 10.0 Å². The average Bonchev–Trinajstić information content (AvgIpc) is 3.29. The first-order chi connectivity index (χ1) is 14.3. The zero-order chi connectivity index (χ0) is 21.5. The number of carboxylic acids is 1. The summed E-state index contributed by atoms with van der Waals surface area (Å²) in [6.45, 7) is 1.50. The second kappa shape index (κ2) is 7.50. The number of aliphatic carboxylic acids is 1. The van der Waals surface area contributed by atoms with Crippen molar-refractivity contribution in [2.45, 2.75) is 18.2 Å². The van der Waals surface area contributed by atoms with Gasteiger partial charge < -0.3 is 10.4 Å². The van der Waals surface area contributed by atoms with Crippen LogP contribution in [0.15, 0.2) is 53.0 Å². The predicted octanol–water partition coefficient (Wildman–Crippen LogP) is 3.55. The number of fused-ring (bicyclic) bond motifs is 1. The van der Waals surface area contributed by atoms with Crippen molar-refractivity contribution in [3.05, 3.63) is 65.2 Å². The first-order valence-corrected chi connectivity index (χ1v) is 11.0. The Morgan fingerprint density at radius 2 is 2.07 bits per heavy atom. The van der Waals surface area contributed by atoms with Gasteiger partial charge in [0.1, 0.15) is 16.5 Å². The Balaban J connectivity index is 1.81. The Morgan fingerprint density at radius 3 is 2.70 bits per heavy atom. The molecule has 0 aliphatic carbocycles. The molecule has 30 heavy (non-hydrogen) atoms. The van der Waals surface area contributed by atoms with Gasteiger partial charge in [-0.15, -0.1) is 11.3 Å². The number of rotatable bonds is 6. The van der Waals surface area contributed by atoms with Gasteiger partial charge in [-0.3, -0.25) is 4.79 Å². The van der Waals surface area contributed by atoms with E-state index < -0.39 is 28.2 Å². The quantitative estimate of drug-likeness (QED) is 0.465. The molecule has 0 amide bonds. The van der Waals surface area contributed by atoms with E-state index in [0.717, 1.165) is 16.1 Å². The number of benzene rings is 1. The fourth-order valence-corrected chi connectivity index (χ4v) is 5.28. The molecule has 0 aliphatic rings. The van der Waals surface area contributed by atoms with Gasteiger partial charge in [0.2, 0.25) is 0 Å². The van der Waals surface area contributed by atoms with Crippen molar-refractivity contribution in [1.82, 2.24) is 13.9 Å². The van der Waals surface area contributed by atoms with Gasteiger partial charge in [-0.2, -0.15) is 0 Å². The normalized spacial score (nSPS) is 11.7. The molecule has 0 atom stereocenters. The molecule has 8 nitrogen and oxygen atoms in total. The van der Waals surface area contributed by atoms with E-state index in [1.165, 1.54) is 42.7 Å². The third kappa shape index (κ3) is 3.53. The molecule has 3 aromatic heterocycles. The zero-order valence-corrected chi connectivity index (χ0v) is 17.2. The maximum absolute atomic E-state index is 13.8. The van der Waals surface area contributed by atoms with Crippen molar-refractivity contribution in [3.8, 4) is 0 Å². The van der Waals surface area contributed by atoms with E-state index in [0.29, 0.717) is 10.9 Å². The number of pyridine rings is 1. The molecule has 0 unspecified atom stereocenters. The number of nitrogens with one attached hydrogen (secondary N) is 1. The summed E-state index contributed by atoms with van der Waals surface area (Å²) < 4.78 is 41.5. The van der Waals surface area contributed by atoms with Crippen molar-refractivity contribution < 1.29 is 22.7 Å². The third-order valence-corrected chi connectivity index (χ3v) is 6.99. The van der Waals surface area contributed by atoms with E-state index >= 15 is 0 Å². The molecule has 0 radical (unpaired) electrons. The number of carbonyl (C=O) groups is 1. The Bertz CT molecular complexity index is 1350. The first-order valence-electron chi connectivity index (χ1n) is 8.67. The van der Waals surface area contributed by atoms with Crippen LogP contribution in [-0.4, -0.2) is 33.4 Å². The lowest BCUT2D eigenvalue weighted by molar-refractivity contribution is -0.136. The zero-order valence-electron chi connectivity index (χ0n) is 15.5. The number of hydrogen-bond acceptors (Lipinski definition) is 7. The molecular weight excluding hydrogens is 431 g/mol. The van der Waals surface area contributed by atoms with Crippen LogP contribution >= 0.6 is 11.3 Å². The van der Waals surface area contributed by atoms with Crippen molar-refractivity contribution in [3.63, 3.8) is 0 Å². The van der Waals surface area contributed by atoms with E-state index in [4.69, 9.17) is 0 Å². The summed E-state index contributed by atoms with van der Waals surface area (Å²) in [6.07, 6.45) is 2.41. The van der Waals surface area contributed by atoms with E-state index in [9.17, 15) is 22.7 Å². The number of carboxylic acid groups (broad SMARTS) is 1. The van der Waals surface area contributed by atoms with Crippen LogP contribution in [0.3, 0.4) is 0 Å². The van der Waals surface area contributed by atoms with Crippen LogP contribution in [0, 0.1) is 12.7 Å². The van der Waals surface area contributed by atoms with Crippen LogP contribution in [0.2, 0.25) is 0 Å². The Kier molecular flexibility index (Phi) is 5.00. The van der Waals surface area contributed by atoms with Crippen LogP contribution in [-0.2, 0) is 21.2 Å². The summed E-state index contributed by atoms with van der Waals surface area (Å²) in [7, 11) is -4.10. The lowest BCUT2D eigenvalue weighted by Crippen LogP contribution is -2.15. The second-order valence-electron chi connectivity index (χ2n) is 6.41. The summed E-state index contributed by atoms with van der Waals surface area (Å²) in [5.74, 6) is -1.30. The maximum atomic E-state index is 13.8. The van der Waals surface area contributed by atoms with Crippen LogP contribution in [0.4, 0.5) is 15.3 Å². The van der Waals surface area contributed by atoms with Gasteiger partial charge in [0.15, 0.2) is 5.13 Å². The molecule has 0 spiro atoms. The summed E-state index contributed by atoms with van der Waals surface area (Å²) in [5, 5.41) is 14.8. The van der Waals surface area contributed by atoms with E-state index in [-0.39, 0.29) is 27.1 Å². The monoisotopic (exact) mass is 446 g/mol. The minimum atomic E-state index is -4.10.